The standard InChI is InChI=1S/C19H21Cl2NO5S/c1-11(23)26-27-15-8-6-12(20)10-14(15)13-7-9-16(28(24,25)22-5)18(21)17(13)19(2,3)4/h6-10,22H,1-5H3. The lowest BCUT2D eigenvalue weighted by molar-refractivity contribution is -0.210. The van der Waals surface area contributed by atoms with Crippen molar-refractivity contribution in [3.63, 3.8) is 0 Å². The summed E-state index contributed by atoms with van der Waals surface area (Å²) in [5.74, 6) is -0.379. The van der Waals surface area contributed by atoms with Gasteiger partial charge in [0.25, 0.3) is 0 Å². The van der Waals surface area contributed by atoms with Crippen LogP contribution in [0.25, 0.3) is 11.1 Å². The van der Waals surface area contributed by atoms with Gasteiger partial charge in [0.05, 0.1) is 5.02 Å². The van der Waals surface area contributed by atoms with Crippen LogP contribution in [0.15, 0.2) is 35.2 Å². The van der Waals surface area contributed by atoms with Crippen molar-refractivity contribution < 1.29 is 23.0 Å². The van der Waals surface area contributed by atoms with Crippen LogP contribution in [0.5, 0.6) is 5.75 Å². The Balaban J connectivity index is 2.82. The second-order valence-electron chi connectivity index (χ2n) is 7.06. The molecule has 0 fully saturated rings. The number of carbonyl (C=O) groups excluding carboxylic acids is 1. The van der Waals surface area contributed by atoms with Gasteiger partial charge in [-0.1, -0.05) is 50.0 Å². The van der Waals surface area contributed by atoms with Crippen molar-refractivity contribution in [2.75, 3.05) is 7.05 Å². The second kappa shape index (κ2) is 8.29. The van der Waals surface area contributed by atoms with E-state index < -0.39 is 21.4 Å². The predicted molar refractivity (Wildman–Crippen MR) is 109 cm³/mol. The number of rotatable bonds is 5. The Kier molecular flexibility index (Phi) is 6.66. The van der Waals surface area contributed by atoms with Crippen molar-refractivity contribution in [2.45, 2.75) is 38.0 Å². The van der Waals surface area contributed by atoms with Crippen LogP contribution < -0.4 is 9.61 Å². The van der Waals surface area contributed by atoms with Gasteiger partial charge in [-0.05, 0) is 47.9 Å². The van der Waals surface area contributed by atoms with E-state index in [0.29, 0.717) is 21.7 Å². The number of hydrogen-bond donors (Lipinski definition) is 1. The molecule has 0 unspecified atom stereocenters. The third-order valence-electron chi connectivity index (χ3n) is 3.90. The highest BCUT2D eigenvalue weighted by Crippen LogP contribution is 2.44. The molecule has 0 radical (unpaired) electrons. The molecule has 2 aromatic carbocycles. The van der Waals surface area contributed by atoms with Crippen LogP contribution >= 0.6 is 23.2 Å². The molecular weight excluding hydrogens is 425 g/mol. The summed E-state index contributed by atoms with van der Waals surface area (Å²) in [4.78, 5) is 20.9. The average molecular weight is 446 g/mol. The minimum atomic E-state index is -3.76. The van der Waals surface area contributed by atoms with Gasteiger partial charge in [0.1, 0.15) is 4.90 Å². The predicted octanol–water partition coefficient (Wildman–Crippen LogP) is 4.72. The van der Waals surface area contributed by atoms with Gasteiger partial charge in [0.2, 0.25) is 10.0 Å². The fourth-order valence-corrected chi connectivity index (χ4v) is 4.45. The van der Waals surface area contributed by atoms with Crippen molar-refractivity contribution in [3.8, 4) is 16.9 Å². The maximum Gasteiger partial charge on any atom is 0.352 e. The minimum absolute atomic E-state index is 0.0326. The third-order valence-corrected chi connectivity index (χ3v) is 6.09. The summed E-state index contributed by atoms with van der Waals surface area (Å²) in [5.41, 5.74) is 1.18. The molecular formula is C19H21Cl2NO5S. The summed E-state index contributed by atoms with van der Waals surface area (Å²) < 4.78 is 27.0. The number of halogens is 2. The van der Waals surface area contributed by atoms with Gasteiger partial charge in [-0.2, -0.15) is 0 Å². The smallest absolute Gasteiger partial charge is 0.286 e. The first-order valence-electron chi connectivity index (χ1n) is 8.30. The second-order valence-corrected chi connectivity index (χ2v) is 9.73. The molecule has 0 amide bonds. The molecule has 0 heterocycles. The van der Waals surface area contributed by atoms with Crippen molar-refractivity contribution in [2.24, 2.45) is 0 Å². The van der Waals surface area contributed by atoms with Crippen LogP contribution in [-0.4, -0.2) is 21.4 Å². The molecule has 0 aliphatic carbocycles. The van der Waals surface area contributed by atoms with E-state index in [1.807, 2.05) is 20.8 Å². The molecule has 2 aromatic rings. The Labute approximate surface area is 174 Å². The molecule has 2 rings (SSSR count). The number of benzene rings is 2. The summed E-state index contributed by atoms with van der Waals surface area (Å²) >= 11 is 12.7. The van der Waals surface area contributed by atoms with Crippen molar-refractivity contribution >= 4 is 39.2 Å². The Hall–Kier alpha value is -1.80. The minimum Gasteiger partial charge on any atom is -0.286 e. The Morgan fingerprint density at radius 2 is 1.71 bits per heavy atom. The number of sulfonamides is 1. The summed E-state index contributed by atoms with van der Waals surface area (Å²) in [6.07, 6.45) is 0. The molecule has 0 spiro atoms. The lowest BCUT2D eigenvalue weighted by Crippen LogP contribution is -2.21. The summed E-state index contributed by atoms with van der Waals surface area (Å²) in [6.45, 7) is 6.93. The zero-order valence-electron chi connectivity index (χ0n) is 16.1. The highest BCUT2D eigenvalue weighted by Gasteiger charge is 2.29. The zero-order chi connectivity index (χ0) is 21.3. The lowest BCUT2D eigenvalue weighted by atomic mass is 9.81. The molecule has 28 heavy (non-hydrogen) atoms. The maximum atomic E-state index is 12.3. The molecule has 0 aliphatic heterocycles. The SMILES string of the molecule is CNS(=O)(=O)c1ccc(-c2cc(Cl)ccc2OOC(C)=O)c(C(C)(C)C)c1Cl. The highest BCUT2D eigenvalue weighted by atomic mass is 35.5. The maximum absolute atomic E-state index is 12.3. The normalized spacial score (nSPS) is 12.0. The van der Waals surface area contributed by atoms with Crippen LogP contribution in [0.3, 0.4) is 0 Å². The van der Waals surface area contributed by atoms with E-state index in [0.717, 1.165) is 0 Å². The topological polar surface area (TPSA) is 81.7 Å². The van der Waals surface area contributed by atoms with E-state index in [-0.39, 0.29) is 15.7 Å². The van der Waals surface area contributed by atoms with Gasteiger partial charge in [0.15, 0.2) is 5.75 Å². The van der Waals surface area contributed by atoms with E-state index in [4.69, 9.17) is 28.1 Å². The van der Waals surface area contributed by atoms with E-state index in [2.05, 4.69) is 9.61 Å². The van der Waals surface area contributed by atoms with Crippen molar-refractivity contribution in [1.82, 2.24) is 4.72 Å². The van der Waals surface area contributed by atoms with Crippen LogP contribution in [0.1, 0.15) is 33.3 Å². The third kappa shape index (κ3) is 4.78. The fraction of sp³-hybridized carbons (Fsp3) is 0.316. The summed E-state index contributed by atoms with van der Waals surface area (Å²) in [7, 11) is -2.44. The average Bonchev–Trinajstić information content (AvgIpc) is 2.58. The van der Waals surface area contributed by atoms with E-state index in [1.54, 1.807) is 24.3 Å². The highest BCUT2D eigenvalue weighted by molar-refractivity contribution is 7.89. The Morgan fingerprint density at radius 3 is 2.25 bits per heavy atom. The summed E-state index contributed by atoms with van der Waals surface area (Å²) in [6, 6.07) is 7.81. The van der Waals surface area contributed by atoms with Gasteiger partial charge < -0.3 is 0 Å². The number of nitrogens with one attached hydrogen (secondary N) is 1. The molecule has 6 nitrogen and oxygen atoms in total. The van der Waals surface area contributed by atoms with Gasteiger partial charge in [0, 0.05) is 17.5 Å². The molecule has 0 saturated carbocycles. The molecule has 0 bridgehead atoms. The number of hydrogen-bond acceptors (Lipinski definition) is 5. The monoisotopic (exact) mass is 445 g/mol. The quantitative estimate of drug-likeness (QED) is 0.531. The largest absolute Gasteiger partial charge is 0.352 e. The Morgan fingerprint density at radius 1 is 1.07 bits per heavy atom. The molecule has 0 aromatic heterocycles. The molecule has 0 atom stereocenters. The summed E-state index contributed by atoms with van der Waals surface area (Å²) in [5, 5.41) is 0.519. The number of carbonyl (C=O) groups is 1. The van der Waals surface area contributed by atoms with Gasteiger partial charge in [-0.3, -0.25) is 9.78 Å². The van der Waals surface area contributed by atoms with E-state index in [9.17, 15) is 13.2 Å². The fourth-order valence-electron chi connectivity index (χ4n) is 2.72. The van der Waals surface area contributed by atoms with Gasteiger partial charge in [-0.15, -0.1) is 0 Å². The molecule has 1 N–H and O–H groups in total. The Bertz CT molecular complexity index is 1010. The van der Waals surface area contributed by atoms with Crippen LogP contribution in [0.2, 0.25) is 10.0 Å². The van der Waals surface area contributed by atoms with Crippen LogP contribution in [0, 0.1) is 0 Å². The molecule has 0 saturated heterocycles. The van der Waals surface area contributed by atoms with Gasteiger partial charge >= 0.3 is 5.97 Å². The van der Waals surface area contributed by atoms with Crippen molar-refractivity contribution in [3.05, 3.63) is 45.9 Å². The van der Waals surface area contributed by atoms with Crippen LogP contribution in [-0.2, 0) is 25.1 Å². The van der Waals surface area contributed by atoms with E-state index in [1.165, 1.54) is 20.0 Å². The zero-order valence-corrected chi connectivity index (χ0v) is 18.4. The van der Waals surface area contributed by atoms with E-state index >= 15 is 0 Å². The first kappa shape index (κ1) is 22.5. The molecule has 152 valence electrons. The molecule has 9 heteroatoms. The molecule has 0 aliphatic rings. The van der Waals surface area contributed by atoms with Crippen LogP contribution in [0.4, 0.5) is 0 Å². The van der Waals surface area contributed by atoms with Gasteiger partial charge in [-0.25, -0.2) is 17.9 Å². The van der Waals surface area contributed by atoms with Crippen molar-refractivity contribution in [1.29, 1.82) is 0 Å². The first-order valence-corrected chi connectivity index (χ1v) is 10.5. The lowest BCUT2D eigenvalue weighted by Gasteiger charge is -2.26. The first-order chi connectivity index (χ1) is 12.9.